The van der Waals surface area contributed by atoms with E-state index in [1.165, 1.54) is 17.3 Å². The number of rotatable bonds is 8. The van der Waals surface area contributed by atoms with Crippen LogP contribution in [-0.4, -0.2) is 39.1 Å². The fraction of sp³-hybridized carbons (Fsp3) is 0.526. The molecule has 1 aromatic heterocycles. The Bertz CT molecular complexity index is 809. The molecule has 2 heterocycles. The molecule has 2 N–H and O–H groups in total. The van der Waals surface area contributed by atoms with Gasteiger partial charge in [0, 0.05) is 12.3 Å². The first kappa shape index (κ1) is 19.7. The number of H-pyrrole nitrogens is 1. The van der Waals surface area contributed by atoms with Gasteiger partial charge in [0.2, 0.25) is 5.91 Å². The van der Waals surface area contributed by atoms with E-state index in [1.807, 2.05) is 24.3 Å². The molecule has 1 aliphatic rings. The van der Waals surface area contributed by atoms with Crippen LogP contribution in [0.3, 0.4) is 0 Å². The zero-order chi connectivity index (χ0) is 19.2. The lowest BCUT2D eigenvalue weighted by Gasteiger charge is -2.11. The lowest BCUT2D eigenvalue weighted by Crippen LogP contribution is -2.25. The highest BCUT2D eigenvalue weighted by Crippen LogP contribution is 2.21. The number of amides is 1. The fourth-order valence-electron chi connectivity index (χ4n) is 3.02. The van der Waals surface area contributed by atoms with Crippen molar-refractivity contribution in [1.29, 1.82) is 0 Å². The van der Waals surface area contributed by atoms with Crippen LogP contribution < -0.4 is 11.0 Å². The summed E-state index contributed by atoms with van der Waals surface area (Å²) in [5, 5.41) is 9.88. The molecule has 1 aromatic carbocycles. The number of ether oxygens (including phenoxy) is 1. The smallest absolute Gasteiger partial charge is 0.344 e. The summed E-state index contributed by atoms with van der Waals surface area (Å²) >= 11 is 1.24. The molecule has 0 unspecified atom stereocenters. The third-order valence-corrected chi connectivity index (χ3v) is 5.82. The molecule has 146 valence electrons. The van der Waals surface area contributed by atoms with Crippen LogP contribution in [0, 0.1) is 0 Å². The molecule has 2 atom stereocenters. The molecule has 0 saturated carbocycles. The fourth-order valence-corrected chi connectivity index (χ4v) is 3.78. The molecule has 0 radical (unpaired) electrons. The van der Waals surface area contributed by atoms with Gasteiger partial charge in [-0.05, 0) is 42.9 Å². The van der Waals surface area contributed by atoms with Gasteiger partial charge in [-0.15, -0.1) is 5.10 Å². The number of thioether (sulfide) groups is 1. The van der Waals surface area contributed by atoms with Crippen molar-refractivity contribution in [2.24, 2.45) is 0 Å². The lowest BCUT2D eigenvalue weighted by atomic mass is 9.99. The first-order chi connectivity index (χ1) is 13.1. The van der Waals surface area contributed by atoms with Gasteiger partial charge in [-0.2, -0.15) is 0 Å². The summed E-state index contributed by atoms with van der Waals surface area (Å²) < 4.78 is 7.14. The number of aromatic amines is 1. The first-order valence-corrected chi connectivity index (χ1v) is 10.3. The van der Waals surface area contributed by atoms with Crippen molar-refractivity contribution in [1.82, 2.24) is 14.8 Å². The lowest BCUT2D eigenvalue weighted by molar-refractivity contribution is -0.113. The predicted octanol–water partition coefficient (Wildman–Crippen LogP) is 2.99. The molecule has 1 saturated heterocycles. The standard InChI is InChI=1S/C19H26N4O3S/c1-3-13(2)14-6-8-15(9-7-14)20-17(24)12-27-19-22-21-18(25)23(19)11-16-5-4-10-26-16/h6-9,13,16H,3-5,10-12H2,1-2H3,(H,20,24)(H,21,25)/t13-,16-/m1/s1. The Morgan fingerprint density at radius 1 is 1.44 bits per heavy atom. The molecule has 0 aliphatic carbocycles. The van der Waals surface area contributed by atoms with Gasteiger partial charge in [-0.1, -0.05) is 37.7 Å². The number of nitrogens with one attached hydrogen (secondary N) is 2. The van der Waals surface area contributed by atoms with Gasteiger partial charge in [0.05, 0.1) is 18.4 Å². The van der Waals surface area contributed by atoms with Crippen LogP contribution in [0.15, 0.2) is 34.2 Å². The van der Waals surface area contributed by atoms with Crippen molar-refractivity contribution in [3.63, 3.8) is 0 Å². The molecule has 1 aliphatic heterocycles. The molecule has 8 heteroatoms. The molecule has 2 aromatic rings. The summed E-state index contributed by atoms with van der Waals surface area (Å²) in [6.45, 7) is 5.55. The minimum absolute atomic E-state index is 0.0394. The number of anilines is 1. The van der Waals surface area contributed by atoms with Crippen molar-refractivity contribution in [3.05, 3.63) is 40.3 Å². The Morgan fingerprint density at radius 3 is 2.89 bits per heavy atom. The molecule has 27 heavy (non-hydrogen) atoms. The van der Waals surface area contributed by atoms with E-state index in [4.69, 9.17) is 4.74 Å². The second-order valence-electron chi connectivity index (χ2n) is 6.83. The van der Waals surface area contributed by atoms with E-state index >= 15 is 0 Å². The maximum absolute atomic E-state index is 12.2. The van der Waals surface area contributed by atoms with Crippen molar-refractivity contribution >= 4 is 23.4 Å². The summed E-state index contributed by atoms with van der Waals surface area (Å²) in [5.74, 6) is 0.559. The van der Waals surface area contributed by atoms with Gasteiger partial charge in [0.1, 0.15) is 0 Å². The average Bonchev–Trinajstić information content (AvgIpc) is 3.31. The largest absolute Gasteiger partial charge is 0.376 e. The molecule has 1 fully saturated rings. The Labute approximate surface area is 162 Å². The minimum atomic E-state index is -0.269. The van der Waals surface area contributed by atoms with Crippen LogP contribution in [0.25, 0.3) is 0 Å². The molecule has 1 amide bonds. The number of carbonyl (C=O) groups is 1. The van der Waals surface area contributed by atoms with E-state index in [9.17, 15) is 9.59 Å². The number of aromatic nitrogens is 3. The van der Waals surface area contributed by atoms with Crippen LogP contribution >= 0.6 is 11.8 Å². The highest BCUT2D eigenvalue weighted by atomic mass is 32.2. The third kappa shape index (κ3) is 5.23. The van der Waals surface area contributed by atoms with E-state index in [1.54, 1.807) is 4.57 Å². The van der Waals surface area contributed by atoms with Crippen LogP contribution in [0.5, 0.6) is 0 Å². The minimum Gasteiger partial charge on any atom is -0.376 e. The van der Waals surface area contributed by atoms with Crippen LogP contribution in [0.1, 0.15) is 44.6 Å². The zero-order valence-corrected chi connectivity index (χ0v) is 16.6. The third-order valence-electron chi connectivity index (χ3n) is 4.84. The van der Waals surface area contributed by atoms with Gasteiger partial charge in [-0.3, -0.25) is 9.36 Å². The zero-order valence-electron chi connectivity index (χ0n) is 15.7. The highest BCUT2D eigenvalue weighted by molar-refractivity contribution is 7.99. The highest BCUT2D eigenvalue weighted by Gasteiger charge is 2.20. The van der Waals surface area contributed by atoms with Crippen LogP contribution in [-0.2, 0) is 16.1 Å². The average molecular weight is 391 g/mol. The summed E-state index contributed by atoms with van der Waals surface area (Å²) in [5.41, 5.74) is 1.76. The molecular weight excluding hydrogens is 364 g/mol. The topological polar surface area (TPSA) is 89.0 Å². The first-order valence-electron chi connectivity index (χ1n) is 9.36. The number of hydrogen-bond acceptors (Lipinski definition) is 5. The van der Waals surface area contributed by atoms with E-state index in [2.05, 4.69) is 29.4 Å². The molecule has 3 rings (SSSR count). The van der Waals surface area contributed by atoms with Gasteiger partial charge in [0.25, 0.3) is 0 Å². The quantitative estimate of drug-likeness (QED) is 0.677. The molecule has 0 spiro atoms. The van der Waals surface area contributed by atoms with E-state index in [-0.39, 0.29) is 23.5 Å². The Balaban J connectivity index is 1.54. The van der Waals surface area contributed by atoms with Crippen molar-refractivity contribution in [2.75, 3.05) is 17.7 Å². The maximum Gasteiger partial charge on any atom is 0.344 e. The predicted molar refractivity (Wildman–Crippen MR) is 106 cm³/mol. The molecule has 0 bridgehead atoms. The number of benzene rings is 1. The van der Waals surface area contributed by atoms with Crippen LogP contribution in [0.2, 0.25) is 0 Å². The van der Waals surface area contributed by atoms with Crippen molar-refractivity contribution in [3.8, 4) is 0 Å². The normalized spacial score (nSPS) is 17.8. The van der Waals surface area contributed by atoms with E-state index in [0.29, 0.717) is 17.6 Å². The van der Waals surface area contributed by atoms with Gasteiger partial charge >= 0.3 is 5.69 Å². The van der Waals surface area contributed by atoms with Gasteiger partial charge in [0.15, 0.2) is 5.16 Å². The Hall–Kier alpha value is -2.06. The monoisotopic (exact) mass is 390 g/mol. The van der Waals surface area contributed by atoms with Crippen molar-refractivity contribution < 1.29 is 9.53 Å². The number of nitrogens with zero attached hydrogens (tertiary/aromatic N) is 2. The summed E-state index contributed by atoms with van der Waals surface area (Å²) in [4.78, 5) is 24.2. The van der Waals surface area contributed by atoms with Crippen molar-refractivity contribution in [2.45, 2.75) is 56.8 Å². The number of carbonyl (C=O) groups excluding carboxylic acids is 1. The second kappa shape index (κ2) is 9.23. The van der Waals surface area contributed by atoms with Crippen LogP contribution in [0.4, 0.5) is 5.69 Å². The molecular formula is C19H26N4O3S. The summed E-state index contributed by atoms with van der Waals surface area (Å²) in [6, 6.07) is 7.94. The SMILES string of the molecule is CC[C@@H](C)c1ccc(NC(=O)CSc2n[nH]c(=O)n2C[C@H]2CCCO2)cc1. The van der Waals surface area contributed by atoms with Gasteiger partial charge < -0.3 is 10.1 Å². The summed E-state index contributed by atoms with van der Waals surface area (Å²) in [7, 11) is 0. The second-order valence-corrected chi connectivity index (χ2v) is 7.77. The summed E-state index contributed by atoms with van der Waals surface area (Å²) in [6.07, 6.45) is 3.07. The van der Waals surface area contributed by atoms with E-state index < -0.39 is 0 Å². The molecule has 7 nitrogen and oxygen atoms in total. The van der Waals surface area contributed by atoms with Gasteiger partial charge in [-0.25, -0.2) is 9.89 Å². The van der Waals surface area contributed by atoms with E-state index in [0.717, 1.165) is 31.6 Å². The Kier molecular flexibility index (Phi) is 6.73. The number of hydrogen-bond donors (Lipinski definition) is 2. The Morgan fingerprint density at radius 2 is 2.22 bits per heavy atom. The maximum atomic E-state index is 12.2.